The molecule has 1 amide bonds. The lowest BCUT2D eigenvalue weighted by Gasteiger charge is -2.29. The van der Waals surface area contributed by atoms with Crippen LogP contribution >= 0.6 is 0 Å². The Labute approximate surface area is 86.7 Å². The van der Waals surface area contributed by atoms with E-state index in [4.69, 9.17) is 4.74 Å². The van der Waals surface area contributed by atoms with Crippen LogP contribution in [0.25, 0.3) is 0 Å². The van der Waals surface area contributed by atoms with Gasteiger partial charge in [0.05, 0.1) is 5.60 Å². The second kappa shape index (κ2) is 5.15. The van der Waals surface area contributed by atoms with Crippen molar-refractivity contribution in [2.24, 2.45) is 0 Å². The zero-order chi connectivity index (χ0) is 11.4. The zero-order valence-corrected chi connectivity index (χ0v) is 9.83. The minimum Gasteiger partial charge on any atom is -0.355 e. The summed E-state index contributed by atoms with van der Waals surface area (Å²) in [7, 11) is 0. The summed E-state index contributed by atoms with van der Waals surface area (Å²) >= 11 is 0. The zero-order valence-electron chi connectivity index (χ0n) is 9.83. The second-order valence-electron chi connectivity index (χ2n) is 4.49. The molecule has 0 saturated carbocycles. The first-order valence-electron chi connectivity index (χ1n) is 4.85. The molecule has 0 saturated heterocycles. The summed E-state index contributed by atoms with van der Waals surface area (Å²) in [6.45, 7) is 13.6. The molecule has 0 aliphatic heterocycles. The Morgan fingerprint density at radius 2 is 2.00 bits per heavy atom. The van der Waals surface area contributed by atoms with Crippen LogP contribution in [-0.2, 0) is 9.53 Å². The number of hydrogen-bond donors (Lipinski definition) is 0. The summed E-state index contributed by atoms with van der Waals surface area (Å²) in [6.07, 6.45) is 1.31. The molecule has 0 heterocycles. The van der Waals surface area contributed by atoms with Gasteiger partial charge in [-0.25, -0.2) is 0 Å². The highest BCUT2D eigenvalue weighted by Crippen LogP contribution is 2.09. The molecule has 0 radical (unpaired) electrons. The van der Waals surface area contributed by atoms with Crippen molar-refractivity contribution in [3.63, 3.8) is 0 Å². The van der Waals surface area contributed by atoms with Crippen LogP contribution < -0.4 is 0 Å². The summed E-state index contributed by atoms with van der Waals surface area (Å²) in [5.74, 6) is -0.0933. The SMILES string of the molecule is C=CC(=O)N(COC(C)(C)C)C(C)C. The summed E-state index contributed by atoms with van der Waals surface area (Å²) in [5, 5.41) is 0. The summed E-state index contributed by atoms with van der Waals surface area (Å²) in [5.41, 5.74) is -0.228. The topological polar surface area (TPSA) is 29.5 Å². The third-order valence-electron chi connectivity index (χ3n) is 1.72. The fourth-order valence-electron chi connectivity index (χ4n) is 0.848. The molecule has 0 fully saturated rings. The molecule has 0 spiro atoms. The van der Waals surface area contributed by atoms with Crippen molar-refractivity contribution >= 4 is 5.91 Å². The van der Waals surface area contributed by atoms with Gasteiger partial charge in [0.1, 0.15) is 6.73 Å². The Balaban J connectivity index is 4.25. The van der Waals surface area contributed by atoms with Gasteiger partial charge in [-0.2, -0.15) is 0 Å². The molecule has 0 aromatic rings. The average molecular weight is 199 g/mol. The monoisotopic (exact) mass is 199 g/mol. The van der Waals surface area contributed by atoms with Gasteiger partial charge >= 0.3 is 0 Å². The summed E-state index contributed by atoms with van der Waals surface area (Å²) in [6, 6.07) is 0.128. The van der Waals surface area contributed by atoms with Gasteiger partial charge in [0, 0.05) is 6.04 Å². The van der Waals surface area contributed by atoms with Gasteiger partial charge < -0.3 is 9.64 Å². The van der Waals surface area contributed by atoms with Crippen LogP contribution in [0.4, 0.5) is 0 Å². The fraction of sp³-hybridized carbons (Fsp3) is 0.727. The van der Waals surface area contributed by atoms with Crippen LogP contribution in [0.15, 0.2) is 12.7 Å². The van der Waals surface area contributed by atoms with E-state index in [1.165, 1.54) is 6.08 Å². The highest BCUT2D eigenvalue weighted by Gasteiger charge is 2.18. The molecular formula is C11H21NO2. The van der Waals surface area contributed by atoms with Crippen LogP contribution in [0.1, 0.15) is 34.6 Å². The number of carbonyl (C=O) groups excluding carboxylic acids is 1. The van der Waals surface area contributed by atoms with Crippen molar-refractivity contribution in [2.45, 2.75) is 46.3 Å². The van der Waals surface area contributed by atoms with Crippen LogP contribution in [0.5, 0.6) is 0 Å². The second-order valence-corrected chi connectivity index (χ2v) is 4.49. The minimum absolute atomic E-state index is 0.0933. The number of rotatable bonds is 4. The predicted octanol–water partition coefficient (Wildman–Crippen LogP) is 2.18. The van der Waals surface area contributed by atoms with Crippen LogP contribution in [0, 0.1) is 0 Å². The molecule has 0 aromatic carbocycles. The molecular weight excluding hydrogens is 178 g/mol. The van der Waals surface area contributed by atoms with Crippen molar-refractivity contribution in [1.29, 1.82) is 0 Å². The molecule has 0 bridgehead atoms. The molecule has 0 aliphatic rings. The Morgan fingerprint density at radius 3 is 2.29 bits per heavy atom. The molecule has 3 heteroatoms. The molecule has 0 rings (SSSR count). The number of hydrogen-bond acceptors (Lipinski definition) is 2. The van der Waals surface area contributed by atoms with Gasteiger partial charge in [0.2, 0.25) is 5.91 Å². The molecule has 0 atom stereocenters. The van der Waals surface area contributed by atoms with E-state index < -0.39 is 0 Å². The van der Waals surface area contributed by atoms with E-state index in [0.717, 1.165) is 0 Å². The first-order valence-corrected chi connectivity index (χ1v) is 4.85. The number of ether oxygens (including phenoxy) is 1. The van der Waals surface area contributed by atoms with Gasteiger partial charge in [-0.05, 0) is 40.7 Å². The fourth-order valence-corrected chi connectivity index (χ4v) is 0.848. The maximum atomic E-state index is 11.4. The quantitative estimate of drug-likeness (QED) is 0.513. The smallest absolute Gasteiger partial charge is 0.248 e. The molecule has 0 N–H and O–H groups in total. The van der Waals surface area contributed by atoms with Gasteiger partial charge in [0.15, 0.2) is 0 Å². The normalized spacial score (nSPS) is 11.6. The van der Waals surface area contributed by atoms with E-state index in [0.29, 0.717) is 6.73 Å². The van der Waals surface area contributed by atoms with Crippen molar-refractivity contribution in [3.8, 4) is 0 Å². The molecule has 0 unspecified atom stereocenters. The lowest BCUT2D eigenvalue weighted by atomic mass is 10.2. The molecule has 3 nitrogen and oxygen atoms in total. The summed E-state index contributed by atoms with van der Waals surface area (Å²) in [4.78, 5) is 13.0. The van der Waals surface area contributed by atoms with Crippen LogP contribution in [0.3, 0.4) is 0 Å². The molecule has 0 aromatic heterocycles. The Hall–Kier alpha value is -0.830. The van der Waals surface area contributed by atoms with Gasteiger partial charge in [0.25, 0.3) is 0 Å². The van der Waals surface area contributed by atoms with Crippen molar-refractivity contribution in [3.05, 3.63) is 12.7 Å². The van der Waals surface area contributed by atoms with Crippen LogP contribution in [0.2, 0.25) is 0 Å². The third-order valence-corrected chi connectivity index (χ3v) is 1.72. The van der Waals surface area contributed by atoms with Crippen molar-refractivity contribution < 1.29 is 9.53 Å². The van der Waals surface area contributed by atoms with Crippen molar-refractivity contribution in [2.75, 3.05) is 6.73 Å². The van der Waals surface area contributed by atoms with Crippen LogP contribution in [-0.4, -0.2) is 29.2 Å². The molecule has 82 valence electrons. The minimum atomic E-state index is -0.228. The highest BCUT2D eigenvalue weighted by atomic mass is 16.5. The first-order chi connectivity index (χ1) is 6.28. The van der Waals surface area contributed by atoms with Gasteiger partial charge in [-0.1, -0.05) is 6.58 Å². The Morgan fingerprint density at radius 1 is 1.50 bits per heavy atom. The van der Waals surface area contributed by atoms with E-state index in [2.05, 4.69) is 6.58 Å². The first kappa shape index (κ1) is 13.2. The summed E-state index contributed by atoms with van der Waals surface area (Å²) < 4.78 is 5.53. The largest absolute Gasteiger partial charge is 0.355 e. The van der Waals surface area contributed by atoms with E-state index in [1.807, 2.05) is 34.6 Å². The average Bonchev–Trinajstić information content (AvgIpc) is 2.01. The van der Waals surface area contributed by atoms with E-state index >= 15 is 0 Å². The number of amides is 1. The highest BCUT2D eigenvalue weighted by molar-refractivity contribution is 5.87. The Kier molecular flexibility index (Phi) is 4.85. The van der Waals surface area contributed by atoms with Gasteiger partial charge in [-0.15, -0.1) is 0 Å². The Bertz CT molecular complexity index is 204. The predicted molar refractivity (Wildman–Crippen MR) is 57.9 cm³/mol. The maximum Gasteiger partial charge on any atom is 0.248 e. The lowest BCUT2D eigenvalue weighted by Crippen LogP contribution is -2.40. The molecule has 0 aliphatic carbocycles. The number of carbonyl (C=O) groups is 1. The van der Waals surface area contributed by atoms with E-state index in [-0.39, 0.29) is 17.6 Å². The molecule has 14 heavy (non-hydrogen) atoms. The van der Waals surface area contributed by atoms with E-state index in [1.54, 1.807) is 4.90 Å². The van der Waals surface area contributed by atoms with E-state index in [9.17, 15) is 4.79 Å². The van der Waals surface area contributed by atoms with Crippen molar-refractivity contribution in [1.82, 2.24) is 4.90 Å². The standard InChI is InChI=1S/C11H21NO2/c1-7-10(13)12(9(2)3)8-14-11(4,5)6/h7,9H,1,8H2,2-6H3. The lowest BCUT2D eigenvalue weighted by molar-refractivity contribution is -0.140. The third kappa shape index (κ3) is 5.02. The van der Waals surface area contributed by atoms with Gasteiger partial charge in [-0.3, -0.25) is 4.79 Å². The number of nitrogens with zero attached hydrogens (tertiary/aromatic N) is 1. The maximum absolute atomic E-state index is 11.4.